The van der Waals surface area contributed by atoms with Crippen LogP contribution in [0.4, 0.5) is 8.78 Å². The molecule has 0 radical (unpaired) electrons. The molecule has 1 amide bonds. The van der Waals surface area contributed by atoms with Crippen molar-refractivity contribution >= 4 is 5.91 Å². The maximum absolute atomic E-state index is 13.3. The summed E-state index contributed by atoms with van der Waals surface area (Å²) in [5.41, 5.74) is 0.988. The second kappa shape index (κ2) is 7.87. The van der Waals surface area contributed by atoms with Gasteiger partial charge in [-0.1, -0.05) is 36.9 Å². The SMILES string of the molecule is C=C/C=C(\C=C/C)[C@H]1C[C@H](NC(=O)C2(c3ccc4c(c3)OC(F)(F)O4)CC2)CCO1. The number of amides is 1. The number of ether oxygens (including phenoxy) is 3. The minimum atomic E-state index is -3.67. The molecule has 2 heterocycles. The number of carbonyl (C=O) groups excluding carboxylic acids is 1. The Labute approximate surface area is 174 Å². The maximum Gasteiger partial charge on any atom is 0.586 e. The van der Waals surface area contributed by atoms with Gasteiger partial charge in [-0.05, 0) is 55.9 Å². The number of fused-ring (bicyclic) bond motifs is 1. The molecule has 0 spiro atoms. The van der Waals surface area contributed by atoms with Gasteiger partial charge in [0.1, 0.15) is 0 Å². The summed E-state index contributed by atoms with van der Waals surface area (Å²) in [6.45, 7) is 6.24. The third-order valence-corrected chi connectivity index (χ3v) is 5.80. The predicted octanol–water partition coefficient (Wildman–Crippen LogP) is 4.39. The van der Waals surface area contributed by atoms with Crippen LogP contribution in [-0.4, -0.2) is 31.0 Å². The molecule has 2 atom stereocenters. The van der Waals surface area contributed by atoms with E-state index in [4.69, 9.17) is 4.74 Å². The summed E-state index contributed by atoms with van der Waals surface area (Å²) in [5.74, 6) is -0.134. The lowest BCUT2D eigenvalue weighted by atomic mass is 9.92. The summed E-state index contributed by atoms with van der Waals surface area (Å²) >= 11 is 0. The minimum Gasteiger partial charge on any atom is -0.395 e. The van der Waals surface area contributed by atoms with Crippen LogP contribution in [0, 0.1) is 0 Å². The molecule has 1 aromatic carbocycles. The van der Waals surface area contributed by atoms with Gasteiger partial charge in [-0.15, -0.1) is 8.78 Å². The zero-order chi connectivity index (χ0) is 21.4. The Morgan fingerprint density at radius 3 is 2.73 bits per heavy atom. The Morgan fingerprint density at radius 1 is 1.27 bits per heavy atom. The maximum atomic E-state index is 13.3. The van der Waals surface area contributed by atoms with Crippen LogP contribution in [0.5, 0.6) is 11.5 Å². The van der Waals surface area contributed by atoms with Crippen molar-refractivity contribution in [3.63, 3.8) is 0 Å². The smallest absolute Gasteiger partial charge is 0.395 e. The van der Waals surface area contributed by atoms with Gasteiger partial charge < -0.3 is 19.5 Å². The van der Waals surface area contributed by atoms with Gasteiger partial charge >= 0.3 is 6.29 Å². The van der Waals surface area contributed by atoms with Gasteiger partial charge in [0.05, 0.1) is 11.5 Å². The predicted molar refractivity (Wildman–Crippen MR) is 108 cm³/mol. The van der Waals surface area contributed by atoms with E-state index in [0.29, 0.717) is 31.4 Å². The van der Waals surface area contributed by atoms with Gasteiger partial charge in [0.15, 0.2) is 11.5 Å². The quantitative estimate of drug-likeness (QED) is 0.698. The topological polar surface area (TPSA) is 56.8 Å². The van der Waals surface area contributed by atoms with Crippen LogP contribution >= 0.6 is 0 Å². The normalized spacial score (nSPS) is 26.4. The summed E-state index contributed by atoms with van der Waals surface area (Å²) in [6.07, 6.45) is 6.53. The van der Waals surface area contributed by atoms with E-state index in [1.54, 1.807) is 12.1 Å². The van der Waals surface area contributed by atoms with Gasteiger partial charge in [0.25, 0.3) is 0 Å². The first-order valence-electron chi connectivity index (χ1n) is 10.1. The molecule has 4 rings (SSSR count). The number of carbonyl (C=O) groups is 1. The minimum absolute atomic E-state index is 0.0160. The van der Waals surface area contributed by atoms with Crippen molar-refractivity contribution in [2.75, 3.05) is 6.61 Å². The van der Waals surface area contributed by atoms with Crippen molar-refractivity contribution in [3.05, 3.63) is 60.2 Å². The summed E-state index contributed by atoms with van der Waals surface area (Å²) < 4.78 is 41.5. The van der Waals surface area contributed by atoms with Crippen LogP contribution in [0.1, 0.15) is 38.2 Å². The molecule has 1 aromatic rings. The summed E-state index contributed by atoms with van der Waals surface area (Å²) in [7, 11) is 0. The summed E-state index contributed by atoms with van der Waals surface area (Å²) in [5, 5.41) is 3.16. The fourth-order valence-corrected chi connectivity index (χ4v) is 4.10. The van der Waals surface area contributed by atoms with Crippen LogP contribution in [0.2, 0.25) is 0 Å². The number of halogens is 2. The van der Waals surface area contributed by atoms with Gasteiger partial charge in [-0.25, -0.2) is 0 Å². The number of hydrogen-bond acceptors (Lipinski definition) is 4. The van der Waals surface area contributed by atoms with E-state index in [1.165, 1.54) is 12.1 Å². The molecule has 160 valence electrons. The van der Waals surface area contributed by atoms with Crippen molar-refractivity contribution in [2.24, 2.45) is 0 Å². The van der Waals surface area contributed by atoms with E-state index in [-0.39, 0.29) is 29.6 Å². The number of benzene rings is 1. The molecule has 3 aliphatic rings. The van der Waals surface area contributed by atoms with Crippen LogP contribution < -0.4 is 14.8 Å². The van der Waals surface area contributed by atoms with E-state index >= 15 is 0 Å². The van der Waals surface area contributed by atoms with Gasteiger partial charge in [0, 0.05) is 12.6 Å². The lowest BCUT2D eigenvalue weighted by Gasteiger charge is -2.32. The molecule has 1 saturated carbocycles. The highest BCUT2D eigenvalue weighted by atomic mass is 19.3. The zero-order valence-electron chi connectivity index (χ0n) is 16.8. The molecule has 1 saturated heterocycles. The van der Waals surface area contributed by atoms with Crippen LogP contribution in [-0.2, 0) is 14.9 Å². The number of allylic oxidation sites excluding steroid dienone is 3. The number of nitrogens with one attached hydrogen (secondary N) is 1. The largest absolute Gasteiger partial charge is 0.586 e. The Morgan fingerprint density at radius 2 is 2.03 bits per heavy atom. The average molecular weight is 417 g/mol. The molecule has 2 fully saturated rings. The third-order valence-electron chi connectivity index (χ3n) is 5.80. The first-order valence-corrected chi connectivity index (χ1v) is 10.1. The Bertz CT molecular complexity index is 904. The van der Waals surface area contributed by atoms with E-state index < -0.39 is 11.7 Å². The van der Waals surface area contributed by atoms with Gasteiger partial charge in [0.2, 0.25) is 5.91 Å². The highest BCUT2D eigenvalue weighted by Crippen LogP contribution is 2.52. The fourth-order valence-electron chi connectivity index (χ4n) is 4.10. The van der Waals surface area contributed by atoms with E-state index in [9.17, 15) is 13.6 Å². The van der Waals surface area contributed by atoms with Crippen LogP contribution in [0.25, 0.3) is 0 Å². The second-order valence-electron chi connectivity index (χ2n) is 7.87. The molecular formula is C23H25F2NO4. The first kappa shape index (κ1) is 20.6. The molecular weight excluding hydrogens is 392 g/mol. The average Bonchev–Trinajstić information content (AvgIpc) is 3.45. The lowest BCUT2D eigenvalue weighted by molar-refractivity contribution is -0.286. The van der Waals surface area contributed by atoms with Gasteiger partial charge in [-0.3, -0.25) is 4.79 Å². The number of rotatable bonds is 6. The highest BCUT2D eigenvalue weighted by molar-refractivity contribution is 5.91. The molecule has 2 aliphatic heterocycles. The van der Waals surface area contributed by atoms with Crippen LogP contribution in [0.3, 0.4) is 0 Å². The van der Waals surface area contributed by atoms with Crippen molar-refractivity contribution in [1.29, 1.82) is 0 Å². The highest BCUT2D eigenvalue weighted by Gasteiger charge is 2.53. The van der Waals surface area contributed by atoms with E-state index in [0.717, 1.165) is 12.0 Å². The molecule has 1 N–H and O–H groups in total. The van der Waals surface area contributed by atoms with Crippen molar-refractivity contribution in [3.8, 4) is 11.5 Å². The monoisotopic (exact) mass is 417 g/mol. The van der Waals surface area contributed by atoms with Crippen molar-refractivity contribution in [2.45, 2.75) is 56.5 Å². The Hall–Kier alpha value is -2.67. The zero-order valence-corrected chi connectivity index (χ0v) is 16.8. The molecule has 7 heteroatoms. The standard InChI is InChI=1S/C23H25F2NO4/c1-3-5-15(6-4-2)19-14-17(9-12-28-19)26-21(27)22(10-11-22)16-7-8-18-20(13-16)30-23(24,25)29-18/h3-8,13,17,19H,1,9-12,14H2,2H3,(H,26,27)/b6-4-,15-5+/t17-,19-/m1/s1. The number of hydrogen-bond donors (Lipinski definition) is 1. The van der Waals surface area contributed by atoms with Crippen molar-refractivity contribution < 1.29 is 27.8 Å². The second-order valence-corrected chi connectivity index (χ2v) is 7.87. The molecule has 30 heavy (non-hydrogen) atoms. The first-order chi connectivity index (χ1) is 14.4. The molecule has 0 unspecified atom stereocenters. The van der Waals surface area contributed by atoms with Gasteiger partial charge in [-0.2, -0.15) is 0 Å². The van der Waals surface area contributed by atoms with Crippen LogP contribution in [0.15, 0.2) is 54.7 Å². The number of alkyl halides is 2. The molecule has 0 bridgehead atoms. The van der Waals surface area contributed by atoms with E-state index in [2.05, 4.69) is 21.4 Å². The Kier molecular flexibility index (Phi) is 5.40. The molecule has 5 nitrogen and oxygen atoms in total. The van der Waals surface area contributed by atoms with E-state index in [1.807, 2.05) is 25.2 Å². The summed E-state index contributed by atoms with van der Waals surface area (Å²) in [6, 6.07) is 4.57. The molecule has 1 aliphatic carbocycles. The molecule has 0 aromatic heterocycles. The fraction of sp³-hybridized carbons (Fsp3) is 0.435. The Balaban J connectivity index is 1.45. The lowest BCUT2D eigenvalue weighted by Crippen LogP contribution is -2.46. The van der Waals surface area contributed by atoms with Crippen molar-refractivity contribution in [1.82, 2.24) is 5.32 Å². The third kappa shape index (κ3) is 3.99. The summed E-state index contributed by atoms with van der Waals surface area (Å²) in [4.78, 5) is 13.1.